The maximum atomic E-state index is 9.63. The molecule has 0 fully saturated rings. The lowest BCUT2D eigenvalue weighted by molar-refractivity contribution is 0.415. The van der Waals surface area contributed by atoms with Crippen molar-refractivity contribution in [1.29, 1.82) is 5.26 Å². The van der Waals surface area contributed by atoms with Crippen LogP contribution in [0.2, 0.25) is 10.0 Å². The summed E-state index contributed by atoms with van der Waals surface area (Å²) in [5.74, 6) is 0.833. The zero-order valence-corrected chi connectivity index (χ0v) is 15.4. The molecule has 0 radical (unpaired) electrons. The first kappa shape index (κ1) is 17.6. The summed E-state index contributed by atoms with van der Waals surface area (Å²) in [6.07, 6.45) is 0. The van der Waals surface area contributed by atoms with Crippen molar-refractivity contribution in [2.45, 2.75) is 5.88 Å². The monoisotopic (exact) mass is 391 g/mol. The standard InChI is InChI=1S/C18H12Cl3N3O/c1-25-13-5-2-11(3-6-13)18-14(10-22)16(9-19)23-24(18)17-7-4-12(20)8-15(17)21/h2-8H,9H2,1H3. The lowest BCUT2D eigenvalue weighted by atomic mass is 10.1. The lowest BCUT2D eigenvalue weighted by Gasteiger charge is -2.10. The molecular weight excluding hydrogens is 381 g/mol. The number of nitrogens with zero attached hydrogens (tertiary/aromatic N) is 3. The Kier molecular flexibility index (Phi) is 5.19. The number of nitriles is 1. The number of ether oxygens (including phenoxy) is 1. The number of hydrogen-bond donors (Lipinski definition) is 0. The van der Waals surface area contributed by atoms with Crippen LogP contribution >= 0.6 is 34.8 Å². The molecule has 0 aliphatic heterocycles. The van der Waals surface area contributed by atoms with Gasteiger partial charge in [0.15, 0.2) is 0 Å². The van der Waals surface area contributed by atoms with Crippen LogP contribution < -0.4 is 4.74 Å². The van der Waals surface area contributed by atoms with Crippen molar-refractivity contribution in [3.05, 3.63) is 63.8 Å². The van der Waals surface area contributed by atoms with Crippen LogP contribution in [0.5, 0.6) is 5.75 Å². The molecule has 3 aromatic rings. The first-order valence-electron chi connectivity index (χ1n) is 7.26. The number of methoxy groups -OCH3 is 1. The second kappa shape index (κ2) is 7.37. The van der Waals surface area contributed by atoms with E-state index in [-0.39, 0.29) is 5.88 Å². The molecule has 0 N–H and O–H groups in total. The van der Waals surface area contributed by atoms with E-state index in [2.05, 4.69) is 11.2 Å². The first-order chi connectivity index (χ1) is 12.1. The van der Waals surface area contributed by atoms with Gasteiger partial charge in [0.05, 0.1) is 35.1 Å². The fourth-order valence-electron chi connectivity index (χ4n) is 2.52. The maximum Gasteiger partial charge on any atom is 0.118 e. The van der Waals surface area contributed by atoms with E-state index >= 15 is 0 Å². The highest BCUT2D eigenvalue weighted by Gasteiger charge is 2.21. The van der Waals surface area contributed by atoms with E-state index < -0.39 is 0 Å². The van der Waals surface area contributed by atoms with Gasteiger partial charge in [0.25, 0.3) is 0 Å². The largest absolute Gasteiger partial charge is 0.497 e. The number of halogens is 3. The summed E-state index contributed by atoms with van der Waals surface area (Å²) in [6, 6.07) is 14.6. The van der Waals surface area contributed by atoms with E-state index in [0.29, 0.717) is 32.7 Å². The summed E-state index contributed by atoms with van der Waals surface area (Å²) in [5.41, 5.74) is 2.93. The zero-order chi connectivity index (χ0) is 18.0. The third-order valence-corrected chi connectivity index (χ3v) is 4.49. The first-order valence-corrected chi connectivity index (χ1v) is 8.56. The van der Waals surface area contributed by atoms with Gasteiger partial charge >= 0.3 is 0 Å². The third-order valence-electron chi connectivity index (χ3n) is 3.70. The highest BCUT2D eigenvalue weighted by molar-refractivity contribution is 6.35. The van der Waals surface area contributed by atoms with E-state index in [1.807, 2.05) is 24.3 Å². The van der Waals surface area contributed by atoms with Crippen molar-refractivity contribution in [2.75, 3.05) is 7.11 Å². The van der Waals surface area contributed by atoms with E-state index in [4.69, 9.17) is 39.5 Å². The minimum atomic E-state index is 0.115. The molecule has 0 amide bonds. The summed E-state index contributed by atoms with van der Waals surface area (Å²) >= 11 is 18.3. The number of hydrogen-bond acceptors (Lipinski definition) is 3. The highest BCUT2D eigenvalue weighted by atomic mass is 35.5. The minimum Gasteiger partial charge on any atom is -0.497 e. The van der Waals surface area contributed by atoms with Crippen molar-refractivity contribution >= 4 is 34.8 Å². The van der Waals surface area contributed by atoms with Crippen LogP contribution in [-0.4, -0.2) is 16.9 Å². The number of aromatic nitrogens is 2. The van der Waals surface area contributed by atoms with E-state index in [1.54, 1.807) is 30.0 Å². The van der Waals surface area contributed by atoms with Crippen LogP contribution in [0.3, 0.4) is 0 Å². The van der Waals surface area contributed by atoms with Crippen molar-refractivity contribution in [1.82, 2.24) is 9.78 Å². The molecule has 2 aromatic carbocycles. The summed E-state index contributed by atoms with van der Waals surface area (Å²) in [7, 11) is 1.60. The van der Waals surface area contributed by atoms with Crippen molar-refractivity contribution in [3.63, 3.8) is 0 Å². The quantitative estimate of drug-likeness (QED) is 0.554. The third kappa shape index (κ3) is 3.32. The smallest absolute Gasteiger partial charge is 0.118 e. The maximum absolute atomic E-state index is 9.63. The summed E-state index contributed by atoms with van der Waals surface area (Å²) < 4.78 is 6.81. The van der Waals surface area contributed by atoms with Crippen LogP contribution in [0, 0.1) is 11.3 Å². The van der Waals surface area contributed by atoms with E-state index in [1.165, 1.54) is 0 Å². The lowest BCUT2D eigenvalue weighted by Crippen LogP contribution is -2.01. The van der Waals surface area contributed by atoms with Gasteiger partial charge in [-0.15, -0.1) is 11.6 Å². The van der Waals surface area contributed by atoms with E-state index in [9.17, 15) is 5.26 Å². The van der Waals surface area contributed by atoms with Gasteiger partial charge in [0, 0.05) is 10.6 Å². The van der Waals surface area contributed by atoms with Gasteiger partial charge in [-0.3, -0.25) is 0 Å². The number of alkyl halides is 1. The van der Waals surface area contributed by atoms with Gasteiger partial charge in [-0.25, -0.2) is 4.68 Å². The van der Waals surface area contributed by atoms with Crippen molar-refractivity contribution in [2.24, 2.45) is 0 Å². The fraction of sp³-hybridized carbons (Fsp3) is 0.111. The average Bonchev–Trinajstić information content (AvgIpc) is 3.00. The molecule has 0 saturated carbocycles. The SMILES string of the molecule is COc1ccc(-c2c(C#N)c(CCl)nn2-c2ccc(Cl)cc2Cl)cc1. The predicted molar refractivity (Wildman–Crippen MR) is 99.8 cm³/mol. The van der Waals surface area contributed by atoms with Crippen LogP contribution in [0.15, 0.2) is 42.5 Å². The molecule has 0 atom stereocenters. The van der Waals surface area contributed by atoms with E-state index in [0.717, 1.165) is 11.3 Å². The van der Waals surface area contributed by atoms with Gasteiger partial charge in [0.2, 0.25) is 0 Å². The van der Waals surface area contributed by atoms with Crippen LogP contribution in [0.25, 0.3) is 16.9 Å². The zero-order valence-electron chi connectivity index (χ0n) is 13.1. The second-order valence-corrected chi connectivity index (χ2v) is 6.26. The Balaban J connectivity index is 2.28. The second-order valence-electron chi connectivity index (χ2n) is 5.15. The Morgan fingerprint density at radius 3 is 2.44 bits per heavy atom. The Hall–Kier alpha value is -2.19. The van der Waals surface area contributed by atoms with Gasteiger partial charge in [-0.1, -0.05) is 23.2 Å². The van der Waals surface area contributed by atoms with Crippen molar-refractivity contribution < 1.29 is 4.74 Å². The van der Waals surface area contributed by atoms with Crippen molar-refractivity contribution in [3.8, 4) is 28.8 Å². The molecule has 1 heterocycles. The average molecular weight is 393 g/mol. The topological polar surface area (TPSA) is 50.8 Å². The molecule has 4 nitrogen and oxygen atoms in total. The van der Waals surface area contributed by atoms with Gasteiger partial charge in [0.1, 0.15) is 17.4 Å². The molecule has 3 rings (SSSR count). The molecular formula is C18H12Cl3N3O. The molecule has 0 saturated heterocycles. The molecule has 0 aliphatic carbocycles. The molecule has 0 spiro atoms. The summed E-state index contributed by atoms with van der Waals surface area (Å²) in [6.45, 7) is 0. The molecule has 126 valence electrons. The molecule has 7 heteroatoms. The van der Waals surface area contributed by atoms with Crippen LogP contribution in [0.4, 0.5) is 0 Å². The fourth-order valence-corrected chi connectivity index (χ4v) is 3.19. The molecule has 0 unspecified atom stereocenters. The van der Waals surface area contributed by atoms with Gasteiger partial charge < -0.3 is 4.74 Å². The minimum absolute atomic E-state index is 0.115. The normalized spacial score (nSPS) is 10.5. The summed E-state index contributed by atoms with van der Waals surface area (Å²) in [4.78, 5) is 0. The predicted octanol–water partition coefficient (Wildman–Crippen LogP) is 5.47. The molecule has 1 aromatic heterocycles. The molecule has 25 heavy (non-hydrogen) atoms. The van der Waals surface area contributed by atoms with Crippen LogP contribution in [0.1, 0.15) is 11.3 Å². The Morgan fingerprint density at radius 2 is 1.88 bits per heavy atom. The van der Waals surface area contributed by atoms with Gasteiger partial charge in [-0.2, -0.15) is 10.4 Å². The Bertz CT molecular complexity index is 959. The molecule has 0 bridgehead atoms. The molecule has 0 aliphatic rings. The Labute approximate surface area is 160 Å². The highest BCUT2D eigenvalue weighted by Crippen LogP contribution is 2.33. The number of rotatable bonds is 4. The van der Waals surface area contributed by atoms with Gasteiger partial charge in [-0.05, 0) is 42.5 Å². The Morgan fingerprint density at radius 1 is 1.16 bits per heavy atom. The van der Waals surface area contributed by atoms with Crippen LogP contribution in [-0.2, 0) is 5.88 Å². The summed E-state index contributed by atoms with van der Waals surface area (Å²) in [5, 5.41) is 15.1. The number of benzene rings is 2.